The van der Waals surface area contributed by atoms with E-state index in [2.05, 4.69) is 4.98 Å². The molecule has 150 valence electrons. The molecule has 0 unspecified atom stereocenters. The van der Waals surface area contributed by atoms with Crippen molar-refractivity contribution in [1.82, 2.24) is 4.98 Å². The topological polar surface area (TPSA) is 135 Å². The van der Waals surface area contributed by atoms with Crippen molar-refractivity contribution in [2.24, 2.45) is 0 Å². The number of nitrogens with one attached hydrogen (secondary N) is 1. The number of hydrogen-bond donors (Lipinski definition) is 1. The van der Waals surface area contributed by atoms with Gasteiger partial charge in [-0.3, -0.25) is 14.9 Å². The lowest BCUT2D eigenvalue weighted by Crippen LogP contribution is -2.13. The Morgan fingerprint density at radius 2 is 1.87 bits per heavy atom. The number of rotatable bonds is 5. The highest BCUT2D eigenvalue weighted by atomic mass is 16.6. The van der Waals surface area contributed by atoms with Crippen LogP contribution in [0.25, 0.3) is 11.1 Å². The molecule has 0 aliphatic heterocycles. The van der Waals surface area contributed by atoms with Gasteiger partial charge in [0.05, 0.1) is 12.0 Å². The van der Waals surface area contributed by atoms with E-state index < -0.39 is 16.5 Å². The summed E-state index contributed by atoms with van der Waals surface area (Å²) < 4.78 is 10.6. The third kappa shape index (κ3) is 3.88. The van der Waals surface area contributed by atoms with E-state index in [-0.39, 0.29) is 28.3 Å². The fraction of sp³-hybridized carbons (Fsp3) is 0.0952. The standard InChI is InChI=1S/C21H15N3O6/c1-12-9-15(17(11-22)20(25)23-12)14-5-3-4-6-18(14)30-19-8-7-13(24(27)28)10-16(19)21(26)29-2/h3-10H,1-2H3,(H,23,25). The van der Waals surface area contributed by atoms with Gasteiger partial charge in [-0.2, -0.15) is 5.26 Å². The van der Waals surface area contributed by atoms with Gasteiger partial charge in [-0.05, 0) is 25.1 Å². The van der Waals surface area contributed by atoms with E-state index in [9.17, 15) is 25.0 Å². The van der Waals surface area contributed by atoms with Crippen LogP contribution in [0.15, 0.2) is 53.3 Å². The average molecular weight is 405 g/mol. The van der Waals surface area contributed by atoms with E-state index in [1.54, 1.807) is 37.3 Å². The summed E-state index contributed by atoms with van der Waals surface area (Å²) in [5.41, 5.74) is 0.293. The Morgan fingerprint density at radius 3 is 2.53 bits per heavy atom. The van der Waals surface area contributed by atoms with Crippen LogP contribution in [-0.4, -0.2) is 23.0 Å². The number of nitro groups is 1. The molecule has 30 heavy (non-hydrogen) atoms. The Labute approximate surface area is 170 Å². The van der Waals surface area contributed by atoms with Crippen LogP contribution in [0.3, 0.4) is 0 Å². The van der Waals surface area contributed by atoms with Crippen LogP contribution in [0, 0.1) is 28.4 Å². The molecule has 1 heterocycles. The van der Waals surface area contributed by atoms with Crippen LogP contribution < -0.4 is 10.3 Å². The predicted octanol–water partition coefficient (Wildman–Crippen LogP) is 3.71. The Bertz CT molecular complexity index is 1260. The summed E-state index contributed by atoms with van der Waals surface area (Å²) in [6, 6.07) is 13.7. The zero-order valence-electron chi connectivity index (χ0n) is 16.0. The number of hydrogen-bond acceptors (Lipinski definition) is 7. The zero-order chi connectivity index (χ0) is 21.8. The molecule has 9 heteroatoms. The molecular formula is C21H15N3O6. The predicted molar refractivity (Wildman–Crippen MR) is 106 cm³/mol. The average Bonchev–Trinajstić information content (AvgIpc) is 2.73. The molecule has 0 spiro atoms. The van der Waals surface area contributed by atoms with Gasteiger partial charge in [-0.15, -0.1) is 0 Å². The molecule has 3 aromatic rings. The maximum atomic E-state index is 12.2. The number of benzene rings is 2. The second-order valence-electron chi connectivity index (χ2n) is 6.21. The first kappa shape index (κ1) is 20.3. The lowest BCUT2D eigenvalue weighted by atomic mass is 10.00. The molecule has 0 saturated carbocycles. The zero-order valence-corrected chi connectivity index (χ0v) is 16.0. The molecule has 3 rings (SSSR count). The number of nitrogens with zero attached hydrogens (tertiary/aromatic N) is 2. The third-order valence-corrected chi connectivity index (χ3v) is 4.26. The fourth-order valence-electron chi connectivity index (χ4n) is 2.90. The van der Waals surface area contributed by atoms with E-state index in [0.717, 1.165) is 13.2 Å². The van der Waals surface area contributed by atoms with Crippen molar-refractivity contribution < 1.29 is 19.2 Å². The molecule has 0 atom stereocenters. The third-order valence-electron chi connectivity index (χ3n) is 4.26. The van der Waals surface area contributed by atoms with Crippen LogP contribution in [0.1, 0.15) is 21.6 Å². The normalized spacial score (nSPS) is 10.2. The molecule has 0 saturated heterocycles. The largest absolute Gasteiger partial charge is 0.465 e. The lowest BCUT2D eigenvalue weighted by Gasteiger charge is -2.14. The maximum Gasteiger partial charge on any atom is 0.341 e. The Hall–Kier alpha value is -4.45. The van der Waals surface area contributed by atoms with E-state index in [1.807, 2.05) is 6.07 Å². The number of carbonyl (C=O) groups is 1. The number of non-ortho nitro benzene ring substituents is 1. The number of carbonyl (C=O) groups excluding carboxylic acids is 1. The minimum absolute atomic E-state index is 0.0278. The molecule has 0 aliphatic carbocycles. The van der Waals surface area contributed by atoms with Gasteiger partial charge < -0.3 is 14.5 Å². The van der Waals surface area contributed by atoms with Crippen LogP contribution in [-0.2, 0) is 4.74 Å². The minimum atomic E-state index is -0.809. The van der Waals surface area contributed by atoms with Gasteiger partial charge in [0, 0.05) is 29.0 Å². The number of H-pyrrole nitrogens is 1. The van der Waals surface area contributed by atoms with Crippen molar-refractivity contribution in [3.8, 4) is 28.7 Å². The summed E-state index contributed by atoms with van der Waals surface area (Å²) >= 11 is 0. The van der Waals surface area contributed by atoms with Gasteiger partial charge in [0.15, 0.2) is 0 Å². The summed E-state index contributed by atoms with van der Waals surface area (Å²) in [5, 5.41) is 20.5. The van der Waals surface area contributed by atoms with Gasteiger partial charge in [0.25, 0.3) is 11.2 Å². The second kappa shape index (κ2) is 8.28. The van der Waals surface area contributed by atoms with Gasteiger partial charge in [0.2, 0.25) is 0 Å². The molecule has 0 bridgehead atoms. The van der Waals surface area contributed by atoms with Crippen molar-refractivity contribution in [2.45, 2.75) is 6.92 Å². The minimum Gasteiger partial charge on any atom is -0.465 e. The molecule has 0 fully saturated rings. The number of para-hydroxylation sites is 1. The van der Waals surface area contributed by atoms with E-state index in [0.29, 0.717) is 16.8 Å². The summed E-state index contributed by atoms with van der Waals surface area (Å²) in [4.78, 5) is 37.3. The SMILES string of the molecule is COC(=O)c1cc([N+](=O)[O-])ccc1Oc1ccccc1-c1cc(C)[nH]c(=O)c1C#N. The van der Waals surface area contributed by atoms with Gasteiger partial charge >= 0.3 is 5.97 Å². The number of methoxy groups -OCH3 is 1. The van der Waals surface area contributed by atoms with E-state index in [4.69, 9.17) is 9.47 Å². The van der Waals surface area contributed by atoms with Gasteiger partial charge in [-0.1, -0.05) is 18.2 Å². The van der Waals surface area contributed by atoms with Crippen molar-refractivity contribution in [3.05, 3.63) is 85.8 Å². The van der Waals surface area contributed by atoms with Crippen LogP contribution in [0.2, 0.25) is 0 Å². The molecular weight excluding hydrogens is 390 g/mol. The van der Waals surface area contributed by atoms with Crippen LogP contribution in [0.4, 0.5) is 5.69 Å². The number of aryl methyl sites for hydroxylation is 1. The number of pyridine rings is 1. The number of esters is 1. The number of aromatic amines is 1. The fourth-order valence-corrected chi connectivity index (χ4v) is 2.90. The number of aromatic nitrogens is 1. The molecule has 1 aromatic heterocycles. The van der Waals surface area contributed by atoms with E-state index >= 15 is 0 Å². The first-order chi connectivity index (χ1) is 14.3. The summed E-state index contributed by atoms with van der Waals surface area (Å²) in [6.07, 6.45) is 0. The molecule has 9 nitrogen and oxygen atoms in total. The second-order valence-corrected chi connectivity index (χ2v) is 6.21. The number of ether oxygens (including phenoxy) is 2. The monoisotopic (exact) mass is 405 g/mol. The highest BCUT2D eigenvalue weighted by Gasteiger charge is 2.21. The summed E-state index contributed by atoms with van der Waals surface area (Å²) in [5.74, 6) is -0.533. The Morgan fingerprint density at radius 1 is 1.13 bits per heavy atom. The first-order valence-corrected chi connectivity index (χ1v) is 8.63. The molecule has 0 aliphatic rings. The smallest absolute Gasteiger partial charge is 0.341 e. The molecule has 1 N–H and O–H groups in total. The van der Waals surface area contributed by atoms with Gasteiger partial charge in [0.1, 0.15) is 28.7 Å². The first-order valence-electron chi connectivity index (χ1n) is 8.63. The van der Waals surface area contributed by atoms with Crippen molar-refractivity contribution in [1.29, 1.82) is 5.26 Å². The molecule has 2 aromatic carbocycles. The molecule has 0 amide bonds. The van der Waals surface area contributed by atoms with E-state index in [1.165, 1.54) is 12.1 Å². The summed E-state index contributed by atoms with van der Waals surface area (Å²) in [6.45, 7) is 1.68. The number of nitriles is 1. The highest BCUT2D eigenvalue weighted by Crippen LogP contribution is 2.36. The van der Waals surface area contributed by atoms with Crippen LogP contribution in [0.5, 0.6) is 11.5 Å². The maximum absolute atomic E-state index is 12.2. The Kier molecular flexibility index (Phi) is 5.60. The quantitative estimate of drug-likeness (QED) is 0.388. The number of nitro benzene ring substituents is 1. The van der Waals surface area contributed by atoms with Crippen molar-refractivity contribution >= 4 is 11.7 Å². The Balaban J connectivity index is 2.16. The highest BCUT2D eigenvalue weighted by molar-refractivity contribution is 5.93. The van der Waals surface area contributed by atoms with Crippen molar-refractivity contribution in [3.63, 3.8) is 0 Å². The van der Waals surface area contributed by atoms with Gasteiger partial charge in [-0.25, -0.2) is 4.79 Å². The van der Waals surface area contributed by atoms with Crippen molar-refractivity contribution in [2.75, 3.05) is 7.11 Å². The molecule has 0 radical (unpaired) electrons. The summed E-state index contributed by atoms with van der Waals surface area (Å²) in [7, 11) is 1.15. The lowest BCUT2D eigenvalue weighted by molar-refractivity contribution is -0.384. The van der Waals surface area contributed by atoms with Crippen LogP contribution >= 0.6 is 0 Å².